The number of fused-ring (bicyclic) bond motifs is 1. The molecule has 3 aromatic rings. The molecule has 0 aliphatic carbocycles. The Balaban J connectivity index is 1.47. The standard InChI is InChI=1S/C19H20N4/c1-2-4-18-17(3-1)19(7-10-21-18)23-13-11-22(12-14-23)15-16-5-8-20-9-6-16/h1-10H,11-15H2. The molecule has 0 amide bonds. The van der Waals surface area contributed by atoms with Crippen LogP contribution in [0.1, 0.15) is 5.56 Å². The van der Waals surface area contributed by atoms with E-state index in [1.807, 2.05) is 24.7 Å². The number of benzene rings is 1. The van der Waals surface area contributed by atoms with Crippen molar-refractivity contribution in [2.24, 2.45) is 0 Å². The van der Waals surface area contributed by atoms with E-state index in [2.05, 4.69) is 56.2 Å². The first-order valence-electron chi connectivity index (χ1n) is 8.10. The molecule has 0 unspecified atom stereocenters. The molecular weight excluding hydrogens is 284 g/mol. The molecule has 4 nitrogen and oxygen atoms in total. The van der Waals surface area contributed by atoms with Gasteiger partial charge in [0.1, 0.15) is 0 Å². The zero-order chi connectivity index (χ0) is 15.5. The summed E-state index contributed by atoms with van der Waals surface area (Å²) in [4.78, 5) is 13.5. The molecule has 0 atom stereocenters. The lowest BCUT2D eigenvalue weighted by Gasteiger charge is -2.36. The molecule has 1 fully saturated rings. The summed E-state index contributed by atoms with van der Waals surface area (Å²) in [5, 5.41) is 1.25. The SMILES string of the molecule is c1ccc2c(N3CCN(Cc4ccncc4)CC3)ccnc2c1. The van der Waals surface area contributed by atoms with Crippen molar-refractivity contribution in [3.63, 3.8) is 0 Å². The van der Waals surface area contributed by atoms with Gasteiger partial charge >= 0.3 is 0 Å². The van der Waals surface area contributed by atoms with Crippen LogP contribution in [0.5, 0.6) is 0 Å². The van der Waals surface area contributed by atoms with Crippen LogP contribution in [0.4, 0.5) is 5.69 Å². The van der Waals surface area contributed by atoms with Gasteiger partial charge in [0.05, 0.1) is 5.52 Å². The molecule has 1 saturated heterocycles. The quantitative estimate of drug-likeness (QED) is 0.745. The third kappa shape index (κ3) is 3.03. The Kier molecular flexibility index (Phi) is 3.90. The van der Waals surface area contributed by atoms with Crippen LogP contribution in [0, 0.1) is 0 Å². The summed E-state index contributed by atoms with van der Waals surface area (Å²) in [6, 6.07) is 14.7. The predicted octanol–water partition coefficient (Wildman–Crippen LogP) is 2.95. The minimum atomic E-state index is 1.01. The third-order valence-corrected chi connectivity index (χ3v) is 4.49. The molecule has 4 heteroatoms. The van der Waals surface area contributed by atoms with E-state index in [9.17, 15) is 0 Å². The zero-order valence-electron chi connectivity index (χ0n) is 13.1. The summed E-state index contributed by atoms with van der Waals surface area (Å²) in [6.07, 6.45) is 5.66. The second-order valence-corrected chi connectivity index (χ2v) is 5.97. The lowest BCUT2D eigenvalue weighted by molar-refractivity contribution is 0.250. The molecule has 1 aliphatic rings. The van der Waals surface area contributed by atoms with Gasteiger partial charge in [-0.1, -0.05) is 18.2 Å². The summed E-state index contributed by atoms with van der Waals surface area (Å²) >= 11 is 0. The highest BCUT2D eigenvalue weighted by atomic mass is 15.3. The van der Waals surface area contributed by atoms with Crippen LogP contribution in [-0.4, -0.2) is 41.0 Å². The Labute approximate surface area is 136 Å². The maximum Gasteiger partial charge on any atom is 0.0722 e. The van der Waals surface area contributed by atoms with Gasteiger partial charge in [0.2, 0.25) is 0 Å². The van der Waals surface area contributed by atoms with Crippen molar-refractivity contribution in [2.75, 3.05) is 31.1 Å². The molecule has 1 aliphatic heterocycles. The molecule has 4 rings (SSSR count). The molecular formula is C19H20N4. The Bertz CT molecular complexity index is 774. The average molecular weight is 304 g/mol. The Morgan fingerprint density at radius 1 is 0.826 bits per heavy atom. The predicted molar refractivity (Wildman–Crippen MR) is 93.5 cm³/mol. The van der Waals surface area contributed by atoms with Crippen molar-refractivity contribution in [3.05, 3.63) is 66.6 Å². The van der Waals surface area contributed by atoms with Crippen LogP contribution in [0.25, 0.3) is 10.9 Å². The van der Waals surface area contributed by atoms with Crippen molar-refractivity contribution < 1.29 is 0 Å². The van der Waals surface area contributed by atoms with Crippen LogP contribution < -0.4 is 4.90 Å². The number of para-hydroxylation sites is 1. The van der Waals surface area contributed by atoms with Crippen molar-refractivity contribution in [2.45, 2.75) is 6.54 Å². The van der Waals surface area contributed by atoms with Gasteiger partial charge in [0.25, 0.3) is 0 Å². The topological polar surface area (TPSA) is 32.3 Å². The van der Waals surface area contributed by atoms with E-state index in [1.165, 1.54) is 16.6 Å². The van der Waals surface area contributed by atoms with Crippen LogP contribution in [0.15, 0.2) is 61.1 Å². The van der Waals surface area contributed by atoms with Gasteiger partial charge in [-0.3, -0.25) is 14.9 Å². The summed E-state index contributed by atoms with van der Waals surface area (Å²) in [5.41, 5.74) is 3.71. The molecule has 0 radical (unpaired) electrons. The average Bonchev–Trinajstić information content (AvgIpc) is 2.63. The summed E-state index contributed by atoms with van der Waals surface area (Å²) in [7, 11) is 0. The lowest BCUT2D eigenvalue weighted by atomic mass is 10.1. The number of aromatic nitrogens is 2. The smallest absolute Gasteiger partial charge is 0.0722 e. The molecule has 2 aromatic heterocycles. The second kappa shape index (κ2) is 6.34. The largest absolute Gasteiger partial charge is 0.368 e. The van der Waals surface area contributed by atoms with Crippen molar-refractivity contribution in [1.29, 1.82) is 0 Å². The van der Waals surface area contributed by atoms with E-state index in [4.69, 9.17) is 0 Å². The van der Waals surface area contributed by atoms with Crippen LogP contribution in [0.3, 0.4) is 0 Å². The van der Waals surface area contributed by atoms with Crippen molar-refractivity contribution in [1.82, 2.24) is 14.9 Å². The van der Waals surface area contributed by atoms with Crippen LogP contribution in [-0.2, 0) is 6.54 Å². The first-order chi connectivity index (χ1) is 11.4. The van der Waals surface area contributed by atoms with Crippen LogP contribution >= 0.6 is 0 Å². The number of hydrogen-bond donors (Lipinski definition) is 0. The minimum absolute atomic E-state index is 1.01. The number of rotatable bonds is 3. The van der Waals surface area contributed by atoms with E-state index in [0.717, 1.165) is 38.2 Å². The third-order valence-electron chi connectivity index (χ3n) is 4.49. The summed E-state index contributed by atoms with van der Waals surface area (Å²) in [6.45, 7) is 5.28. The summed E-state index contributed by atoms with van der Waals surface area (Å²) in [5.74, 6) is 0. The van der Waals surface area contributed by atoms with E-state index in [-0.39, 0.29) is 0 Å². The van der Waals surface area contributed by atoms with Gasteiger partial charge < -0.3 is 4.90 Å². The highest BCUT2D eigenvalue weighted by molar-refractivity contribution is 5.91. The second-order valence-electron chi connectivity index (χ2n) is 5.97. The summed E-state index contributed by atoms with van der Waals surface area (Å²) < 4.78 is 0. The van der Waals surface area contributed by atoms with Crippen LogP contribution in [0.2, 0.25) is 0 Å². The van der Waals surface area contributed by atoms with E-state index < -0.39 is 0 Å². The molecule has 23 heavy (non-hydrogen) atoms. The molecule has 3 heterocycles. The minimum Gasteiger partial charge on any atom is -0.368 e. The Morgan fingerprint density at radius 3 is 2.43 bits per heavy atom. The lowest BCUT2D eigenvalue weighted by Crippen LogP contribution is -2.46. The molecule has 0 bridgehead atoms. The number of anilines is 1. The number of nitrogens with zero attached hydrogens (tertiary/aromatic N) is 4. The van der Waals surface area contributed by atoms with Gasteiger partial charge in [0, 0.05) is 62.4 Å². The highest BCUT2D eigenvalue weighted by Gasteiger charge is 2.18. The van der Waals surface area contributed by atoms with E-state index in [0.29, 0.717) is 0 Å². The fourth-order valence-electron chi connectivity index (χ4n) is 3.25. The van der Waals surface area contributed by atoms with E-state index in [1.54, 1.807) is 0 Å². The molecule has 116 valence electrons. The maximum absolute atomic E-state index is 4.46. The fraction of sp³-hybridized carbons (Fsp3) is 0.263. The number of piperazine rings is 1. The monoisotopic (exact) mass is 304 g/mol. The van der Waals surface area contributed by atoms with E-state index >= 15 is 0 Å². The normalized spacial score (nSPS) is 15.9. The molecule has 0 N–H and O–H groups in total. The van der Waals surface area contributed by atoms with Gasteiger partial charge in [-0.2, -0.15) is 0 Å². The van der Waals surface area contributed by atoms with Crippen molar-refractivity contribution in [3.8, 4) is 0 Å². The Hall–Kier alpha value is -2.46. The molecule has 0 saturated carbocycles. The van der Waals surface area contributed by atoms with Crippen molar-refractivity contribution >= 4 is 16.6 Å². The molecule has 1 aromatic carbocycles. The maximum atomic E-state index is 4.46. The Morgan fingerprint density at radius 2 is 1.61 bits per heavy atom. The first-order valence-corrected chi connectivity index (χ1v) is 8.10. The number of pyridine rings is 2. The van der Waals surface area contributed by atoms with Gasteiger partial charge in [0.15, 0.2) is 0 Å². The first kappa shape index (κ1) is 14.2. The van der Waals surface area contributed by atoms with Gasteiger partial charge in [-0.05, 0) is 29.8 Å². The zero-order valence-corrected chi connectivity index (χ0v) is 13.1. The van der Waals surface area contributed by atoms with Gasteiger partial charge in [-0.15, -0.1) is 0 Å². The fourth-order valence-corrected chi connectivity index (χ4v) is 3.25. The highest BCUT2D eigenvalue weighted by Crippen LogP contribution is 2.26. The molecule has 0 spiro atoms. The number of hydrogen-bond acceptors (Lipinski definition) is 4. The van der Waals surface area contributed by atoms with Gasteiger partial charge in [-0.25, -0.2) is 0 Å².